The van der Waals surface area contributed by atoms with Crippen molar-refractivity contribution in [1.82, 2.24) is 9.55 Å². The van der Waals surface area contributed by atoms with Crippen molar-refractivity contribution in [2.75, 3.05) is 5.32 Å². The lowest BCUT2D eigenvalue weighted by Crippen LogP contribution is -1.99. The second-order valence-corrected chi connectivity index (χ2v) is 5.66. The van der Waals surface area contributed by atoms with E-state index in [1.165, 1.54) is 29.8 Å². The van der Waals surface area contributed by atoms with Gasteiger partial charge in [-0.1, -0.05) is 0 Å². The Morgan fingerprint density at radius 3 is 2.76 bits per heavy atom. The Morgan fingerprint density at radius 1 is 1.41 bits per heavy atom. The average Bonchev–Trinajstić information content (AvgIpc) is 2.94. The Bertz CT molecular complexity index is 549. The van der Waals surface area contributed by atoms with Gasteiger partial charge in [-0.25, -0.2) is 4.98 Å². The molecule has 0 unspecified atom stereocenters. The number of aromatic nitrogens is 2. The van der Waals surface area contributed by atoms with Crippen LogP contribution in [-0.4, -0.2) is 15.6 Å². The highest BCUT2D eigenvalue weighted by molar-refractivity contribution is 7.14. The van der Waals surface area contributed by atoms with Crippen LogP contribution in [0.1, 0.15) is 24.2 Å². The van der Waals surface area contributed by atoms with Gasteiger partial charge in [-0.15, -0.1) is 11.3 Å². The molecule has 0 radical (unpaired) electrons. The van der Waals surface area contributed by atoms with E-state index in [1.807, 2.05) is 0 Å². The molecular weight excluding hydrogens is 230 g/mol. The minimum atomic E-state index is 0.674. The largest absolute Gasteiger partial charge is 0.359 e. The van der Waals surface area contributed by atoms with Gasteiger partial charge in [-0.3, -0.25) is 0 Å². The third-order valence-corrected chi connectivity index (χ3v) is 4.23. The fourth-order valence-corrected chi connectivity index (χ4v) is 2.77. The molecule has 3 rings (SSSR count). The first kappa shape index (κ1) is 10.8. The van der Waals surface area contributed by atoms with Crippen molar-refractivity contribution in [3.8, 4) is 11.3 Å². The van der Waals surface area contributed by atoms with Crippen molar-refractivity contribution in [3.05, 3.63) is 22.8 Å². The SMILES string of the molecule is Cc1cc(-c2csc(NC3CC3)n2)c(C)n1C. The van der Waals surface area contributed by atoms with Crippen LogP contribution in [0.2, 0.25) is 0 Å². The molecule has 1 fully saturated rings. The molecule has 0 aromatic carbocycles. The third kappa shape index (κ3) is 1.97. The zero-order valence-corrected chi connectivity index (χ0v) is 11.3. The van der Waals surface area contributed by atoms with Gasteiger partial charge in [0.05, 0.1) is 5.69 Å². The lowest BCUT2D eigenvalue weighted by molar-refractivity contribution is 0.845. The second kappa shape index (κ2) is 3.88. The molecule has 0 saturated heterocycles. The monoisotopic (exact) mass is 247 g/mol. The number of hydrogen-bond acceptors (Lipinski definition) is 3. The second-order valence-electron chi connectivity index (χ2n) is 4.80. The number of rotatable bonds is 3. The van der Waals surface area contributed by atoms with Crippen LogP contribution in [0.4, 0.5) is 5.13 Å². The van der Waals surface area contributed by atoms with Gasteiger partial charge in [0.1, 0.15) is 0 Å². The average molecular weight is 247 g/mol. The van der Waals surface area contributed by atoms with Gasteiger partial charge in [0.25, 0.3) is 0 Å². The quantitative estimate of drug-likeness (QED) is 0.901. The van der Waals surface area contributed by atoms with Crippen LogP contribution in [0.5, 0.6) is 0 Å². The Kier molecular flexibility index (Phi) is 2.47. The number of nitrogens with zero attached hydrogens (tertiary/aromatic N) is 2. The predicted molar refractivity (Wildman–Crippen MR) is 72.6 cm³/mol. The molecule has 3 nitrogen and oxygen atoms in total. The molecule has 2 heterocycles. The maximum absolute atomic E-state index is 4.67. The van der Waals surface area contributed by atoms with Crippen LogP contribution < -0.4 is 5.32 Å². The molecule has 17 heavy (non-hydrogen) atoms. The van der Waals surface area contributed by atoms with E-state index in [4.69, 9.17) is 0 Å². The molecule has 0 bridgehead atoms. The van der Waals surface area contributed by atoms with Crippen LogP contribution in [0.15, 0.2) is 11.4 Å². The lowest BCUT2D eigenvalue weighted by atomic mass is 10.2. The summed E-state index contributed by atoms with van der Waals surface area (Å²) >= 11 is 1.71. The summed E-state index contributed by atoms with van der Waals surface area (Å²) in [6.07, 6.45) is 2.58. The summed E-state index contributed by atoms with van der Waals surface area (Å²) in [7, 11) is 2.10. The van der Waals surface area contributed by atoms with E-state index in [2.05, 4.69) is 47.2 Å². The first-order valence-electron chi connectivity index (χ1n) is 6.00. The maximum atomic E-state index is 4.67. The first-order valence-corrected chi connectivity index (χ1v) is 6.88. The summed E-state index contributed by atoms with van der Waals surface area (Å²) in [6, 6.07) is 2.89. The smallest absolute Gasteiger partial charge is 0.183 e. The number of nitrogens with one attached hydrogen (secondary N) is 1. The van der Waals surface area contributed by atoms with Gasteiger partial charge in [0, 0.05) is 35.4 Å². The Balaban J connectivity index is 1.91. The van der Waals surface area contributed by atoms with Crippen LogP contribution in [0.25, 0.3) is 11.3 Å². The van der Waals surface area contributed by atoms with Gasteiger partial charge in [0.2, 0.25) is 0 Å². The number of hydrogen-bond donors (Lipinski definition) is 1. The Hall–Kier alpha value is -1.29. The van der Waals surface area contributed by atoms with Crippen LogP contribution in [-0.2, 0) is 7.05 Å². The molecule has 0 spiro atoms. The maximum Gasteiger partial charge on any atom is 0.183 e. The minimum absolute atomic E-state index is 0.674. The van der Waals surface area contributed by atoms with Crippen molar-refractivity contribution < 1.29 is 0 Å². The molecule has 2 aromatic heterocycles. The highest BCUT2D eigenvalue weighted by Crippen LogP contribution is 2.32. The molecule has 0 atom stereocenters. The van der Waals surface area contributed by atoms with Crippen molar-refractivity contribution in [1.29, 1.82) is 0 Å². The molecule has 1 aliphatic carbocycles. The number of thiazole rings is 1. The van der Waals surface area contributed by atoms with E-state index < -0.39 is 0 Å². The molecule has 4 heteroatoms. The van der Waals surface area contributed by atoms with Crippen molar-refractivity contribution in [2.24, 2.45) is 7.05 Å². The van der Waals surface area contributed by atoms with E-state index in [1.54, 1.807) is 11.3 Å². The predicted octanol–water partition coefficient (Wildman–Crippen LogP) is 3.34. The van der Waals surface area contributed by atoms with Crippen LogP contribution >= 0.6 is 11.3 Å². The van der Waals surface area contributed by atoms with Gasteiger partial charge < -0.3 is 9.88 Å². The van der Waals surface area contributed by atoms with Gasteiger partial charge in [-0.2, -0.15) is 0 Å². The minimum Gasteiger partial charge on any atom is -0.359 e. The summed E-state index contributed by atoms with van der Waals surface area (Å²) < 4.78 is 2.21. The zero-order valence-electron chi connectivity index (χ0n) is 10.4. The number of aryl methyl sites for hydroxylation is 1. The van der Waals surface area contributed by atoms with E-state index in [0.29, 0.717) is 6.04 Å². The Labute approximate surface area is 106 Å². The fraction of sp³-hybridized carbons (Fsp3) is 0.462. The summed E-state index contributed by atoms with van der Waals surface area (Å²) in [5, 5.41) is 6.65. The molecule has 0 aliphatic heterocycles. The highest BCUT2D eigenvalue weighted by atomic mass is 32.1. The topological polar surface area (TPSA) is 29.9 Å². The van der Waals surface area contributed by atoms with Crippen LogP contribution in [0, 0.1) is 13.8 Å². The highest BCUT2D eigenvalue weighted by Gasteiger charge is 2.22. The molecule has 1 saturated carbocycles. The summed E-state index contributed by atoms with van der Waals surface area (Å²) in [5.41, 5.74) is 4.91. The molecule has 0 amide bonds. The zero-order chi connectivity index (χ0) is 12.0. The summed E-state index contributed by atoms with van der Waals surface area (Å²) in [4.78, 5) is 4.67. The van der Waals surface area contributed by atoms with Crippen molar-refractivity contribution in [2.45, 2.75) is 32.7 Å². The van der Waals surface area contributed by atoms with E-state index in [0.717, 1.165) is 10.8 Å². The van der Waals surface area contributed by atoms with E-state index in [-0.39, 0.29) is 0 Å². The van der Waals surface area contributed by atoms with E-state index in [9.17, 15) is 0 Å². The Morgan fingerprint density at radius 2 is 2.18 bits per heavy atom. The molecule has 2 aromatic rings. The molecule has 1 N–H and O–H groups in total. The normalized spacial score (nSPS) is 15.2. The summed E-state index contributed by atoms with van der Waals surface area (Å²) in [6.45, 7) is 4.28. The standard InChI is InChI=1S/C13H17N3S/c1-8-6-11(9(2)16(8)3)12-7-17-13(15-12)14-10-4-5-10/h6-7,10H,4-5H2,1-3H3,(H,14,15). The fourth-order valence-electron chi connectivity index (χ4n) is 1.98. The van der Waals surface area contributed by atoms with Crippen molar-refractivity contribution >= 4 is 16.5 Å². The molecule has 1 aliphatic rings. The van der Waals surface area contributed by atoms with Gasteiger partial charge >= 0.3 is 0 Å². The van der Waals surface area contributed by atoms with Gasteiger partial charge in [-0.05, 0) is 32.8 Å². The van der Waals surface area contributed by atoms with Crippen molar-refractivity contribution in [3.63, 3.8) is 0 Å². The molecular formula is C13H17N3S. The first-order chi connectivity index (χ1) is 8.15. The number of anilines is 1. The lowest BCUT2D eigenvalue weighted by Gasteiger charge is -2.00. The summed E-state index contributed by atoms with van der Waals surface area (Å²) in [5.74, 6) is 0. The third-order valence-electron chi connectivity index (χ3n) is 3.46. The van der Waals surface area contributed by atoms with Gasteiger partial charge in [0.15, 0.2) is 5.13 Å². The van der Waals surface area contributed by atoms with Crippen LogP contribution in [0.3, 0.4) is 0 Å². The molecule has 90 valence electrons. The van der Waals surface area contributed by atoms with E-state index >= 15 is 0 Å².